The minimum atomic E-state index is -0.504. The zero-order valence-corrected chi connectivity index (χ0v) is 16.3. The van der Waals surface area contributed by atoms with Gasteiger partial charge in [-0.25, -0.2) is 9.37 Å². The summed E-state index contributed by atoms with van der Waals surface area (Å²) in [5, 5.41) is 13.9. The van der Waals surface area contributed by atoms with E-state index in [9.17, 15) is 19.3 Å². The number of nitrogens with zero attached hydrogens (tertiary/aromatic N) is 2. The van der Waals surface area contributed by atoms with Crippen molar-refractivity contribution in [3.05, 3.63) is 100.0 Å². The van der Waals surface area contributed by atoms with Crippen molar-refractivity contribution in [1.29, 1.82) is 0 Å². The number of nitro groups is 1. The van der Waals surface area contributed by atoms with E-state index in [1.807, 2.05) is 0 Å². The number of hydrogen-bond acceptors (Lipinski definition) is 5. The van der Waals surface area contributed by atoms with Gasteiger partial charge in [-0.2, -0.15) is 0 Å². The molecule has 154 valence electrons. The van der Waals surface area contributed by atoms with E-state index in [2.05, 4.69) is 10.3 Å². The predicted molar refractivity (Wildman–Crippen MR) is 113 cm³/mol. The number of amides is 1. The standard InChI is InChI=1S/C23H16FN3O4/c1-14-19(11-6-12-20(14)27(29)30)26-22(28)15-7-2-3-8-16(15)23-25-13-21(31-23)17-9-4-5-10-18(17)24/h2-13H,1H3,(H,26,28). The van der Waals surface area contributed by atoms with Crippen LogP contribution in [0.5, 0.6) is 0 Å². The molecule has 0 aliphatic heterocycles. The molecule has 3 aromatic carbocycles. The molecule has 0 aliphatic carbocycles. The van der Waals surface area contributed by atoms with E-state index in [1.165, 1.54) is 24.4 Å². The molecule has 0 fully saturated rings. The van der Waals surface area contributed by atoms with Gasteiger partial charge in [-0.3, -0.25) is 14.9 Å². The molecule has 4 aromatic rings. The summed E-state index contributed by atoms with van der Waals surface area (Å²) in [7, 11) is 0. The van der Waals surface area contributed by atoms with Crippen molar-refractivity contribution in [1.82, 2.24) is 4.98 Å². The summed E-state index contributed by atoms with van der Waals surface area (Å²) in [5.41, 5.74) is 1.51. The first-order valence-corrected chi connectivity index (χ1v) is 9.31. The third-order valence-electron chi connectivity index (χ3n) is 4.80. The van der Waals surface area contributed by atoms with Gasteiger partial charge in [0.25, 0.3) is 11.6 Å². The van der Waals surface area contributed by atoms with E-state index in [-0.39, 0.29) is 28.5 Å². The largest absolute Gasteiger partial charge is 0.436 e. The average molecular weight is 417 g/mol. The molecule has 1 N–H and O–H groups in total. The maximum Gasteiger partial charge on any atom is 0.274 e. The summed E-state index contributed by atoms with van der Waals surface area (Å²) in [5.74, 6) is -0.542. The lowest BCUT2D eigenvalue weighted by atomic mass is 10.1. The number of halogens is 1. The van der Waals surface area contributed by atoms with Crippen LogP contribution in [0, 0.1) is 22.9 Å². The minimum absolute atomic E-state index is 0.0895. The summed E-state index contributed by atoms with van der Waals surface area (Å²) < 4.78 is 19.8. The van der Waals surface area contributed by atoms with Gasteiger partial charge in [0, 0.05) is 11.6 Å². The number of benzene rings is 3. The number of nitrogens with one attached hydrogen (secondary N) is 1. The van der Waals surface area contributed by atoms with E-state index >= 15 is 0 Å². The number of aromatic nitrogens is 1. The second kappa shape index (κ2) is 8.19. The lowest BCUT2D eigenvalue weighted by Crippen LogP contribution is -2.14. The van der Waals surface area contributed by atoms with Crippen molar-refractivity contribution >= 4 is 17.3 Å². The highest BCUT2D eigenvalue weighted by molar-refractivity contribution is 6.08. The van der Waals surface area contributed by atoms with E-state index in [4.69, 9.17) is 4.42 Å². The summed E-state index contributed by atoms with van der Waals surface area (Å²) in [6.07, 6.45) is 1.40. The summed E-state index contributed by atoms with van der Waals surface area (Å²) >= 11 is 0. The Balaban J connectivity index is 1.67. The molecule has 8 heteroatoms. The Labute approximate surface area is 176 Å². The number of nitro benzene ring substituents is 1. The smallest absolute Gasteiger partial charge is 0.274 e. The van der Waals surface area contributed by atoms with Gasteiger partial charge < -0.3 is 9.73 Å². The molecule has 1 heterocycles. The molecule has 7 nitrogen and oxygen atoms in total. The Kier molecular flexibility index (Phi) is 5.28. The molecule has 1 amide bonds. The van der Waals surface area contributed by atoms with Crippen molar-refractivity contribution in [2.75, 3.05) is 5.32 Å². The number of hydrogen-bond donors (Lipinski definition) is 1. The normalized spacial score (nSPS) is 10.6. The Bertz CT molecular complexity index is 1300. The van der Waals surface area contributed by atoms with Crippen LogP contribution in [0.4, 0.5) is 15.8 Å². The topological polar surface area (TPSA) is 98.3 Å². The first kappa shape index (κ1) is 20.0. The molecular formula is C23H16FN3O4. The van der Waals surface area contributed by atoms with E-state index in [0.717, 1.165) is 0 Å². The first-order valence-electron chi connectivity index (χ1n) is 9.31. The van der Waals surface area contributed by atoms with Crippen molar-refractivity contribution in [3.63, 3.8) is 0 Å². The number of carbonyl (C=O) groups is 1. The van der Waals surface area contributed by atoms with Gasteiger partial charge >= 0.3 is 0 Å². The van der Waals surface area contributed by atoms with Crippen LogP contribution in [0.2, 0.25) is 0 Å². The van der Waals surface area contributed by atoms with E-state index < -0.39 is 16.6 Å². The van der Waals surface area contributed by atoms with Crippen molar-refractivity contribution in [3.8, 4) is 22.8 Å². The molecule has 0 bridgehead atoms. The average Bonchev–Trinajstić information content (AvgIpc) is 3.25. The lowest BCUT2D eigenvalue weighted by Gasteiger charge is -2.10. The molecule has 0 radical (unpaired) electrons. The molecule has 0 saturated carbocycles. The van der Waals surface area contributed by atoms with Gasteiger partial charge in [-0.15, -0.1) is 0 Å². The Hall–Kier alpha value is -4.33. The second-order valence-electron chi connectivity index (χ2n) is 6.72. The van der Waals surface area contributed by atoms with Gasteiger partial charge in [-0.05, 0) is 37.3 Å². The first-order chi connectivity index (χ1) is 15.0. The van der Waals surface area contributed by atoms with Gasteiger partial charge in [0.05, 0.1) is 33.5 Å². The fourth-order valence-corrected chi connectivity index (χ4v) is 3.20. The lowest BCUT2D eigenvalue weighted by molar-refractivity contribution is -0.385. The van der Waals surface area contributed by atoms with Gasteiger partial charge in [0.1, 0.15) is 5.82 Å². The second-order valence-corrected chi connectivity index (χ2v) is 6.72. The van der Waals surface area contributed by atoms with Crippen LogP contribution in [-0.2, 0) is 0 Å². The molecule has 4 rings (SSSR count). The fourth-order valence-electron chi connectivity index (χ4n) is 3.20. The van der Waals surface area contributed by atoms with Crippen LogP contribution >= 0.6 is 0 Å². The highest BCUT2D eigenvalue weighted by Gasteiger charge is 2.20. The minimum Gasteiger partial charge on any atom is -0.436 e. The predicted octanol–water partition coefficient (Wildman–Crippen LogP) is 5.62. The molecule has 0 spiro atoms. The third kappa shape index (κ3) is 3.91. The van der Waals surface area contributed by atoms with Crippen LogP contribution in [0.25, 0.3) is 22.8 Å². The molecule has 0 aliphatic rings. The van der Waals surface area contributed by atoms with Crippen LogP contribution in [0.1, 0.15) is 15.9 Å². The van der Waals surface area contributed by atoms with E-state index in [0.29, 0.717) is 16.8 Å². The number of oxazole rings is 1. The van der Waals surface area contributed by atoms with Crippen molar-refractivity contribution in [2.45, 2.75) is 6.92 Å². The third-order valence-corrected chi connectivity index (χ3v) is 4.80. The molecular weight excluding hydrogens is 401 g/mol. The SMILES string of the molecule is Cc1c(NC(=O)c2ccccc2-c2ncc(-c3ccccc3F)o2)cccc1[N+](=O)[O-]. The molecule has 0 unspecified atom stereocenters. The van der Waals surface area contributed by atoms with Gasteiger partial charge in [0.15, 0.2) is 5.76 Å². The summed E-state index contributed by atoms with van der Waals surface area (Å²) in [6, 6.07) is 17.3. The molecule has 0 atom stereocenters. The van der Waals surface area contributed by atoms with Crippen molar-refractivity contribution < 1.29 is 18.5 Å². The number of rotatable bonds is 5. The number of carbonyl (C=O) groups excluding carboxylic acids is 1. The molecule has 0 saturated heterocycles. The van der Waals surface area contributed by atoms with Crippen LogP contribution < -0.4 is 5.32 Å². The fraction of sp³-hybridized carbons (Fsp3) is 0.0435. The zero-order valence-electron chi connectivity index (χ0n) is 16.3. The maximum atomic E-state index is 14.1. The summed E-state index contributed by atoms with van der Waals surface area (Å²) in [6.45, 7) is 1.56. The Morgan fingerprint density at radius 1 is 1.03 bits per heavy atom. The highest BCUT2D eigenvalue weighted by atomic mass is 19.1. The van der Waals surface area contributed by atoms with Crippen LogP contribution in [0.3, 0.4) is 0 Å². The van der Waals surface area contributed by atoms with Crippen LogP contribution in [0.15, 0.2) is 77.3 Å². The van der Waals surface area contributed by atoms with Gasteiger partial charge in [0.2, 0.25) is 5.89 Å². The quantitative estimate of drug-likeness (QED) is 0.336. The monoisotopic (exact) mass is 417 g/mol. The Morgan fingerprint density at radius 2 is 1.74 bits per heavy atom. The Morgan fingerprint density at radius 3 is 2.48 bits per heavy atom. The van der Waals surface area contributed by atoms with E-state index in [1.54, 1.807) is 55.5 Å². The van der Waals surface area contributed by atoms with Crippen LogP contribution in [-0.4, -0.2) is 15.8 Å². The van der Waals surface area contributed by atoms with Crippen molar-refractivity contribution in [2.24, 2.45) is 0 Å². The highest BCUT2D eigenvalue weighted by Crippen LogP contribution is 2.31. The zero-order chi connectivity index (χ0) is 22.0. The number of anilines is 1. The maximum absolute atomic E-state index is 14.1. The van der Waals surface area contributed by atoms with Gasteiger partial charge in [-0.1, -0.05) is 30.3 Å². The summed E-state index contributed by atoms with van der Waals surface area (Å²) in [4.78, 5) is 27.8. The molecule has 1 aromatic heterocycles. The molecule has 31 heavy (non-hydrogen) atoms.